The summed E-state index contributed by atoms with van der Waals surface area (Å²) < 4.78 is 1.95. The summed E-state index contributed by atoms with van der Waals surface area (Å²) in [6.07, 6.45) is 1.57. The van der Waals surface area contributed by atoms with Crippen LogP contribution in [0.3, 0.4) is 0 Å². The third-order valence-electron chi connectivity index (χ3n) is 3.90. The molecule has 0 fully saturated rings. The smallest absolute Gasteiger partial charge is 0.267 e. The van der Waals surface area contributed by atoms with Crippen LogP contribution >= 0.6 is 11.6 Å². The SMILES string of the molecule is Cc1cc(C)n(Cc2ccc(C(=O)N/N=C/c3ccc(Cl)cc3)cc2)n1. The molecule has 0 saturated carbocycles. The fourth-order valence-electron chi connectivity index (χ4n) is 2.55. The van der Waals surface area contributed by atoms with E-state index in [1.165, 1.54) is 0 Å². The molecule has 0 bridgehead atoms. The molecule has 0 spiro atoms. The Labute approximate surface area is 157 Å². The number of benzene rings is 2. The minimum absolute atomic E-state index is 0.257. The van der Waals surface area contributed by atoms with Gasteiger partial charge in [-0.25, -0.2) is 5.43 Å². The van der Waals surface area contributed by atoms with Crippen molar-refractivity contribution in [2.45, 2.75) is 20.4 Å². The van der Waals surface area contributed by atoms with Crippen LogP contribution in [0.1, 0.15) is 32.9 Å². The summed E-state index contributed by atoms with van der Waals surface area (Å²) in [6.45, 7) is 4.68. The highest BCUT2D eigenvalue weighted by Gasteiger charge is 2.06. The third kappa shape index (κ3) is 4.58. The first kappa shape index (κ1) is 17.9. The van der Waals surface area contributed by atoms with Crippen molar-refractivity contribution in [2.24, 2.45) is 5.10 Å². The predicted molar refractivity (Wildman–Crippen MR) is 104 cm³/mol. The lowest BCUT2D eigenvalue weighted by Gasteiger charge is -2.06. The van der Waals surface area contributed by atoms with Gasteiger partial charge in [-0.1, -0.05) is 35.9 Å². The van der Waals surface area contributed by atoms with E-state index in [9.17, 15) is 4.79 Å². The molecule has 6 heteroatoms. The van der Waals surface area contributed by atoms with Crippen molar-refractivity contribution in [3.8, 4) is 0 Å². The van der Waals surface area contributed by atoms with Gasteiger partial charge in [-0.3, -0.25) is 9.48 Å². The Morgan fingerprint density at radius 1 is 1.15 bits per heavy atom. The van der Waals surface area contributed by atoms with E-state index >= 15 is 0 Å². The number of hydrogen-bond donors (Lipinski definition) is 1. The summed E-state index contributed by atoms with van der Waals surface area (Å²) in [6, 6.07) is 16.7. The van der Waals surface area contributed by atoms with E-state index in [0.29, 0.717) is 17.1 Å². The van der Waals surface area contributed by atoms with E-state index in [0.717, 1.165) is 22.5 Å². The van der Waals surface area contributed by atoms with Crippen LogP contribution in [0, 0.1) is 13.8 Å². The molecule has 0 unspecified atom stereocenters. The maximum atomic E-state index is 12.2. The fraction of sp³-hybridized carbons (Fsp3) is 0.150. The standard InChI is InChI=1S/C20H19ClN4O/c1-14-11-15(2)25(24-14)13-17-3-7-18(8-4-17)20(26)23-22-12-16-5-9-19(21)10-6-16/h3-12H,13H2,1-2H3,(H,23,26)/b22-12+. The molecule has 0 aliphatic rings. The first-order valence-corrected chi connectivity index (χ1v) is 8.58. The molecule has 0 saturated heterocycles. The number of rotatable bonds is 5. The van der Waals surface area contributed by atoms with E-state index in [1.54, 1.807) is 30.5 Å². The molecule has 0 aliphatic heterocycles. The lowest BCUT2D eigenvalue weighted by Crippen LogP contribution is -2.17. The predicted octanol–water partition coefficient (Wildman–Crippen LogP) is 3.97. The molecule has 0 radical (unpaired) electrons. The number of halogens is 1. The van der Waals surface area contributed by atoms with Crippen LogP contribution in [0.15, 0.2) is 59.7 Å². The third-order valence-corrected chi connectivity index (χ3v) is 4.15. The number of carbonyl (C=O) groups is 1. The van der Waals surface area contributed by atoms with Gasteiger partial charge < -0.3 is 0 Å². The number of carbonyl (C=O) groups excluding carboxylic acids is 1. The van der Waals surface area contributed by atoms with Crippen LogP contribution < -0.4 is 5.43 Å². The summed E-state index contributed by atoms with van der Waals surface area (Å²) in [5.74, 6) is -0.257. The average Bonchev–Trinajstić information content (AvgIpc) is 2.94. The second-order valence-corrected chi connectivity index (χ2v) is 6.47. The minimum atomic E-state index is -0.257. The van der Waals surface area contributed by atoms with E-state index in [-0.39, 0.29) is 5.91 Å². The molecule has 2 aromatic carbocycles. The zero-order chi connectivity index (χ0) is 18.5. The first-order chi connectivity index (χ1) is 12.5. The van der Waals surface area contributed by atoms with Crippen molar-refractivity contribution < 1.29 is 4.79 Å². The number of aromatic nitrogens is 2. The number of hydrogen-bond acceptors (Lipinski definition) is 3. The number of nitrogens with zero attached hydrogens (tertiary/aromatic N) is 3. The van der Waals surface area contributed by atoms with Crippen molar-refractivity contribution in [1.29, 1.82) is 0 Å². The van der Waals surface area contributed by atoms with Crippen molar-refractivity contribution in [3.63, 3.8) is 0 Å². The molecule has 1 N–H and O–H groups in total. The van der Waals surface area contributed by atoms with Gasteiger partial charge in [-0.15, -0.1) is 0 Å². The van der Waals surface area contributed by atoms with Crippen molar-refractivity contribution in [1.82, 2.24) is 15.2 Å². The van der Waals surface area contributed by atoms with Crippen molar-refractivity contribution in [2.75, 3.05) is 0 Å². The van der Waals surface area contributed by atoms with Crippen LogP contribution in [0.5, 0.6) is 0 Å². The van der Waals surface area contributed by atoms with Gasteiger partial charge in [0, 0.05) is 16.3 Å². The molecule has 26 heavy (non-hydrogen) atoms. The molecule has 1 amide bonds. The average molecular weight is 367 g/mol. The van der Waals surface area contributed by atoms with Gasteiger partial charge in [0.2, 0.25) is 0 Å². The summed E-state index contributed by atoms with van der Waals surface area (Å²) in [4.78, 5) is 12.2. The quantitative estimate of drug-likeness (QED) is 0.548. The van der Waals surface area contributed by atoms with Gasteiger partial charge in [-0.05, 0) is 55.3 Å². The maximum Gasteiger partial charge on any atom is 0.271 e. The monoisotopic (exact) mass is 366 g/mol. The Bertz CT molecular complexity index is 927. The minimum Gasteiger partial charge on any atom is -0.267 e. The molecule has 0 aliphatic carbocycles. The zero-order valence-electron chi connectivity index (χ0n) is 14.6. The lowest BCUT2D eigenvalue weighted by molar-refractivity contribution is 0.0955. The fourth-order valence-corrected chi connectivity index (χ4v) is 2.67. The highest BCUT2D eigenvalue weighted by Crippen LogP contribution is 2.10. The topological polar surface area (TPSA) is 59.3 Å². The summed E-state index contributed by atoms with van der Waals surface area (Å²) in [7, 11) is 0. The Morgan fingerprint density at radius 2 is 1.85 bits per heavy atom. The highest BCUT2D eigenvalue weighted by molar-refractivity contribution is 6.30. The number of nitrogens with one attached hydrogen (secondary N) is 1. The number of hydrazone groups is 1. The molecule has 0 atom stereocenters. The second-order valence-electron chi connectivity index (χ2n) is 6.03. The normalized spacial score (nSPS) is 11.0. The van der Waals surface area contributed by atoms with Gasteiger partial charge in [0.1, 0.15) is 0 Å². The van der Waals surface area contributed by atoms with Gasteiger partial charge in [0.15, 0.2) is 0 Å². The largest absolute Gasteiger partial charge is 0.271 e. The lowest BCUT2D eigenvalue weighted by atomic mass is 10.1. The zero-order valence-corrected chi connectivity index (χ0v) is 15.4. The maximum absolute atomic E-state index is 12.2. The molecular weight excluding hydrogens is 348 g/mol. The van der Waals surface area contributed by atoms with Crippen molar-refractivity contribution in [3.05, 3.63) is 87.7 Å². The summed E-state index contributed by atoms with van der Waals surface area (Å²) >= 11 is 5.83. The van der Waals surface area contributed by atoms with Crippen LogP contribution in [0.2, 0.25) is 5.02 Å². The molecule has 3 aromatic rings. The van der Waals surface area contributed by atoms with Gasteiger partial charge in [0.05, 0.1) is 18.5 Å². The van der Waals surface area contributed by atoms with Crippen LogP contribution in [0.4, 0.5) is 0 Å². The Kier molecular flexibility index (Phi) is 5.49. The van der Waals surface area contributed by atoms with E-state index in [2.05, 4.69) is 15.6 Å². The Morgan fingerprint density at radius 3 is 2.46 bits per heavy atom. The highest BCUT2D eigenvalue weighted by atomic mass is 35.5. The van der Waals surface area contributed by atoms with Crippen LogP contribution in [-0.2, 0) is 6.54 Å². The second kappa shape index (κ2) is 7.97. The summed E-state index contributed by atoms with van der Waals surface area (Å²) in [5.41, 5.74) is 7.12. The molecule has 1 aromatic heterocycles. The molecule has 5 nitrogen and oxygen atoms in total. The van der Waals surface area contributed by atoms with Gasteiger partial charge >= 0.3 is 0 Å². The molecule has 132 valence electrons. The van der Waals surface area contributed by atoms with Crippen molar-refractivity contribution >= 4 is 23.7 Å². The van der Waals surface area contributed by atoms with E-state index < -0.39 is 0 Å². The van der Waals surface area contributed by atoms with Gasteiger partial charge in [0.25, 0.3) is 5.91 Å². The Hall–Kier alpha value is -2.92. The molecule has 3 rings (SSSR count). The molecule has 1 heterocycles. The van der Waals surface area contributed by atoms with Crippen LogP contribution in [-0.4, -0.2) is 21.9 Å². The summed E-state index contributed by atoms with van der Waals surface area (Å²) in [5, 5.41) is 9.08. The Balaban J connectivity index is 1.59. The van der Waals surface area contributed by atoms with Gasteiger partial charge in [-0.2, -0.15) is 10.2 Å². The molecular formula is C20H19ClN4O. The van der Waals surface area contributed by atoms with Crippen LogP contribution in [0.25, 0.3) is 0 Å². The van der Waals surface area contributed by atoms with E-state index in [1.807, 2.05) is 48.9 Å². The number of amides is 1. The van der Waals surface area contributed by atoms with E-state index in [4.69, 9.17) is 11.6 Å². The first-order valence-electron chi connectivity index (χ1n) is 8.20. The number of aryl methyl sites for hydroxylation is 2.